The number of phenols is 1. The highest BCUT2D eigenvalue weighted by Gasteiger charge is 2.19. The fourth-order valence-electron chi connectivity index (χ4n) is 1.88. The van der Waals surface area contributed by atoms with E-state index in [0.717, 1.165) is 5.56 Å². The number of benzene rings is 1. The Morgan fingerprint density at radius 1 is 1.26 bits per heavy atom. The van der Waals surface area contributed by atoms with E-state index in [0.29, 0.717) is 5.56 Å². The van der Waals surface area contributed by atoms with Crippen molar-refractivity contribution in [1.82, 2.24) is 0 Å². The fraction of sp³-hybridized carbons (Fsp3) is 0.562. The minimum Gasteiger partial charge on any atom is -0.507 e. The van der Waals surface area contributed by atoms with Crippen LogP contribution in [0.3, 0.4) is 0 Å². The summed E-state index contributed by atoms with van der Waals surface area (Å²) in [6, 6.07) is 5.56. The van der Waals surface area contributed by atoms with Crippen molar-refractivity contribution in [3.63, 3.8) is 0 Å². The van der Waals surface area contributed by atoms with Crippen LogP contribution in [0.4, 0.5) is 0 Å². The van der Waals surface area contributed by atoms with Gasteiger partial charge >= 0.3 is 0 Å². The Kier molecular flexibility index (Phi) is 5.12. The quantitative estimate of drug-likeness (QED) is 0.820. The first-order valence-electron chi connectivity index (χ1n) is 6.74. The molecule has 0 spiro atoms. The van der Waals surface area contributed by atoms with E-state index < -0.39 is 0 Å². The molecule has 19 heavy (non-hydrogen) atoms. The Morgan fingerprint density at radius 2 is 1.89 bits per heavy atom. The van der Waals surface area contributed by atoms with Gasteiger partial charge < -0.3 is 10.2 Å². The molecule has 0 saturated heterocycles. The molecule has 0 aliphatic heterocycles. The van der Waals surface area contributed by atoms with Crippen molar-refractivity contribution in [3.05, 3.63) is 29.3 Å². The first kappa shape index (κ1) is 15.7. The number of hydrogen-bond acceptors (Lipinski definition) is 3. The molecule has 1 atom stereocenters. The molecule has 1 aromatic rings. The van der Waals surface area contributed by atoms with Crippen LogP contribution in [-0.4, -0.2) is 29.1 Å². The van der Waals surface area contributed by atoms with Crippen LogP contribution >= 0.6 is 0 Å². The van der Waals surface area contributed by atoms with E-state index in [1.165, 1.54) is 0 Å². The van der Waals surface area contributed by atoms with E-state index in [1.54, 1.807) is 6.21 Å². The lowest BCUT2D eigenvalue weighted by molar-refractivity contribution is 0.240. The highest BCUT2D eigenvalue weighted by Crippen LogP contribution is 2.32. The van der Waals surface area contributed by atoms with Crippen molar-refractivity contribution in [3.8, 4) is 5.75 Å². The topological polar surface area (TPSA) is 52.8 Å². The van der Waals surface area contributed by atoms with Crippen LogP contribution in [0.1, 0.15) is 45.7 Å². The molecule has 3 heteroatoms. The molecule has 0 aliphatic carbocycles. The van der Waals surface area contributed by atoms with Crippen LogP contribution in [0.15, 0.2) is 23.2 Å². The number of aliphatic imine (C=N–C) groups is 1. The van der Waals surface area contributed by atoms with Crippen molar-refractivity contribution in [2.24, 2.45) is 10.9 Å². The van der Waals surface area contributed by atoms with Crippen LogP contribution in [0.2, 0.25) is 0 Å². The van der Waals surface area contributed by atoms with E-state index in [-0.39, 0.29) is 29.7 Å². The van der Waals surface area contributed by atoms with Crippen molar-refractivity contribution in [1.29, 1.82) is 0 Å². The predicted molar refractivity (Wildman–Crippen MR) is 80.1 cm³/mol. The molecule has 0 aromatic heterocycles. The summed E-state index contributed by atoms with van der Waals surface area (Å²) >= 11 is 0. The van der Waals surface area contributed by atoms with Gasteiger partial charge in [0, 0.05) is 11.8 Å². The number of phenolic OH excluding ortho intramolecular Hbond substituents is 1. The number of aromatic hydroxyl groups is 1. The van der Waals surface area contributed by atoms with E-state index in [4.69, 9.17) is 0 Å². The molecule has 106 valence electrons. The van der Waals surface area contributed by atoms with E-state index in [1.807, 2.05) is 32.0 Å². The van der Waals surface area contributed by atoms with E-state index in [2.05, 4.69) is 25.8 Å². The molecule has 1 rings (SSSR count). The second-order valence-corrected chi connectivity index (χ2v) is 6.27. The Labute approximate surface area is 116 Å². The third-order valence-corrected chi connectivity index (χ3v) is 3.24. The van der Waals surface area contributed by atoms with Gasteiger partial charge in [-0.05, 0) is 23.0 Å². The summed E-state index contributed by atoms with van der Waals surface area (Å²) in [4.78, 5) is 4.36. The molecule has 1 unspecified atom stereocenters. The summed E-state index contributed by atoms with van der Waals surface area (Å²) in [5.74, 6) is 0.549. The second-order valence-electron chi connectivity index (χ2n) is 6.27. The Balaban J connectivity index is 3.06. The number of aliphatic hydroxyl groups excluding tert-OH is 1. The molecule has 0 bridgehead atoms. The van der Waals surface area contributed by atoms with Crippen LogP contribution in [0.5, 0.6) is 5.75 Å². The van der Waals surface area contributed by atoms with Crippen LogP contribution < -0.4 is 0 Å². The monoisotopic (exact) mass is 263 g/mol. The second kappa shape index (κ2) is 6.20. The Hall–Kier alpha value is -1.35. The van der Waals surface area contributed by atoms with Crippen molar-refractivity contribution < 1.29 is 10.2 Å². The average Bonchev–Trinajstić information content (AvgIpc) is 2.29. The van der Waals surface area contributed by atoms with Gasteiger partial charge in [-0.1, -0.05) is 46.8 Å². The third-order valence-electron chi connectivity index (χ3n) is 3.24. The summed E-state index contributed by atoms with van der Waals surface area (Å²) in [5.41, 5.74) is 1.50. The summed E-state index contributed by atoms with van der Waals surface area (Å²) in [6.45, 7) is 10.2. The third kappa shape index (κ3) is 4.06. The number of aliphatic hydroxyl groups is 1. The minimum absolute atomic E-state index is 0.0217. The molecular weight excluding hydrogens is 238 g/mol. The van der Waals surface area contributed by atoms with Crippen LogP contribution in [-0.2, 0) is 5.41 Å². The zero-order valence-corrected chi connectivity index (χ0v) is 12.5. The molecule has 0 amide bonds. The van der Waals surface area contributed by atoms with Crippen LogP contribution in [0.25, 0.3) is 0 Å². The molecule has 3 nitrogen and oxygen atoms in total. The lowest BCUT2D eigenvalue weighted by Gasteiger charge is -2.21. The van der Waals surface area contributed by atoms with Gasteiger partial charge in [0.2, 0.25) is 0 Å². The molecule has 0 fully saturated rings. The van der Waals surface area contributed by atoms with Crippen molar-refractivity contribution in [2.75, 3.05) is 6.61 Å². The number of rotatable bonds is 4. The Morgan fingerprint density at radius 3 is 2.37 bits per heavy atom. The van der Waals surface area contributed by atoms with E-state index in [9.17, 15) is 10.2 Å². The SMILES string of the molecule is CC(C)C(CO)N=Cc1cccc(C(C)(C)C)c1O. The smallest absolute Gasteiger partial charge is 0.128 e. The Bertz CT molecular complexity index is 445. The standard InChI is InChI=1S/C16H25NO2/c1-11(2)14(10-18)17-9-12-7-6-8-13(15(12)19)16(3,4)5/h6-9,11,14,18-19H,10H2,1-5H3. The number of para-hydroxylation sites is 1. The molecule has 0 heterocycles. The summed E-state index contributed by atoms with van der Waals surface area (Å²) < 4.78 is 0. The maximum atomic E-state index is 10.3. The van der Waals surface area contributed by atoms with Gasteiger partial charge in [0.05, 0.1) is 12.6 Å². The van der Waals surface area contributed by atoms with E-state index >= 15 is 0 Å². The lowest BCUT2D eigenvalue weighted by atomic mass is 9.85. The largest absolute Gasteiger partial charge is 0.507 e. The maximum absolute atomic E-state index is 10.3. The number of nitrogens with zero attached hydrogens (tertiary/aromatic N) is 1. The zero-order valence-electron chi connectivity index (χ0n) is 12.5. The molecular formula is C16H25NO2. The van der Waals surface area contributed by atoms with Crippen molar-refractivity contribution in [2.45, 2.75) is 46.1 Å². The molecule has 0 aliphatic rings. The van der Waals surface area contributed by atoms with Gasteiger partial charge in [-0.3, -0.25) is 4.99 Å². The average molecular weight is 263 g/mol. The van der Waals surface area contributed by atoms with Gasteiger partial charge in [0.1, 0.15) is 5.75 Å². The summed E-state index contributed by atoms with van der Waals surface area (Å²) in [6.07, 6.45) is 1.66. The zero-order chi connectivity index (χ0) is 14.6. The number of hydrogen-bond donors (Lipinski definition) is 2. The predicted octanol–water partition coefficient (Wildman–Crippen LogP) is 3.13. The van der Waals surface area contributed by atoms with Gasteiger partial charge in [-0.25, -0.2) is 0 Å². The molecule has 0 radical (unpaired) electrons. The van der Waals surface area contributed by atoms with Gasteiger partial charge in [0.25, 0.3) is 0 Å². The van der Waals surface area contributed by atoms with Gasteiger partial charge in [0.15, 0.2) is 0 Å². The first-order valence-corrected chi connectivity index (χ1v) is 6.74. The molecule has 0 saturated carbocycles. The minimum atomic E-state index is -0.127. The van der Waals surface area contributed by atoms with Crippen LogP contribution in [0, 0.1) is 5.92 Å². The van der Waals surface area contributed by atoms with Gasteiger partial charge in [-0.2, -0.15) is 0 Å². The highest BCUT2D eigenvalue weighted by molar-refractivity contribution is 5.84. The molecule has 2 N–H and O–H groups in total. The van der Waals surface area contributed by atoms with Gasteiger partial charge in [-0.15, -0.1) is 0 Å². The lowest BCUT2D eigenvalue weighted by Crippen LogP contribution is -2.18. The van der Waals surface area contributed by atoms with Crippen molar-refractivity contribution >= 4 is 6.21 Å². The summed E-state index contributed by atoms with van der Waals surface area (Å²) in [7, 11) is 0. The first-order chi connectivity index (χ1) is 8.77. The normalized spacial score (nSPS) is 14.3. The maximum Gasteiger partial charge on any atom is 0.128 e. The molecule has 1 aromatic carbocycles. The fourth-order valence-corrected chi connectivity index (χ4v) is 1.88. The highest BCUT2D eigenvalue weighted by atomic mass is 16.3. The summed E-state index contributed by atoms with van der Waals surface area (Å²) in [5, 5.41) is 19.5.